The minimum Gasteiger partial charge on any atom is -0.299 e. The molecule has 0 aliphatic heterocycles. The number of hydrogen-bond donors (Lipinski definition) is 0. The van der Waals surface area contributed by atoms with Crippen molar-refractivity contribution >= 4 is 5.78 Å². The third kappa shape index (κ3) is 1.72. The second-order valence-electron chi connectivity index (χ2n) is 4.12. The Bertz CT molecular complexity index is 315. The summed E-state index contributed by atoms with van der Waals surface area (Å²) in [6.07, 6.45) is 2.81. The summed E-state index contributed by atoms with van der Waals surface area (Å²) in [7, 11) is 0. The van der Waals surface area contributed by atoms with Crippen molar-refractivity contribution in [3.63, 3.8) is 0 Å². The number of benzene rings is 1. The Hall–Kier alpha value is -1.11. The summed E-state index contributed by atoms with van der Waals surface area (Å²) in [5.74, 6) is 1.26. The van der Waals surface area contributed by atoms with Crippen molar-refractivity contribution in [2.24, 2.45) is 5.92 Å². The Morgan fingerprint density at radius 3 is 2.57 bits per heavy atom. The second-order valence-corrected chi connectivity index (χ2v) is 4.12. The van der Waals surface area contributed by atoms with Crippen molar-refractivity contribution in [2.45, 2.75) is 32.1 Å². The van der Waals surface area contributed by atoms with E-state index in [0.29, 0.717) is 17.6 Å². The highest BCUT2D eigenvalue weighted by Gasteiger charge is 2.31. The SMILES string of the molecule is CCC1CC(c2ccccc2)CC1=O. The molecule has 0 amide bonds. The first kappa shape index (κ1) is 9.45. The van der Waals surface area contributed by atoms with E-state index in [4.69, 9.17) is 0 Å². The molecule has 1 aliphatic rings. The number of Topliss-reactive ketones (excluding diaryl/α,β-unsaturated/α-hetero) is 1. The number of rotatable bonds is 2. The molecule has 1 nitrogen and oxygen atoms in total. The van der Waals surface area contributed by atoms with Crippen LogP contribution in [0.1, 0.15) is 37.7 Å². The van der Waals surface area contributed by atoms with Gasteiger partial charge < -0.3 is 0 Å². The molecule has 74 valence electrons. The van der Waals surface area contributed by atoms with Crippen LogP contribution in [-0.4, -0.2) is 5.78 Å². The first-order valence-corrected chi connectivity index (χ1v) is 5.39. The summed E-state index contributed by atoms with van der Waals surface area (Å²) in [5.41, 5.74) is 1.33. The lowest BCUT2D eigenvalue weighted by Gasteiger charge is -2.08. The molecular weight excluding hydrogens is 172 g/mol. The molecule has 2 rings (SSSR count). The van der Waals surface area contributed by atoms with Crippen molar-refractivity contribution in [3.8, 4) is 0 Å². The van der Waals surface area contributed by atoms with Gasteiger partial charge in [0, 0.05) is 12.3 Å². The molecule has 1 aromatic rings. The van der Waals surface area contributed by atoms with Crippen LogP contribution in [0.2, 0.25) is 0 Å². The Morgan fingerprint density at radius 2 is 2.00 bits per heavy atom. The molecular formula is C13H16O. The zero-order valence-electron chi connectivity index (χ0n) is 8.57. The Morgan fingerprint density at radius 1 is 1.29 bits per heavy atom. The van der Waals surface area contributed by atoms with Crippen LogP contribution >= 0.6 is 0 Å². The molecule has 1 heteroatoms. The fourth-order valence-electron chi connectivity index (χ4n) is 2.34. The second kappa shape index (κ2) is 3.95. The van der Waals surface area contributed by atoms with Gasteiger partial charge in [0.15, 0.2) is 0 Å². The molecule has 2 unspecified atom stereocenters. The molecule has 1 fully saturated rings. The molecule has 0 aromatic heterocycles. The first-order chi connectivity index (χ1) is 6.81. The minimum absolute atomic E-state index is 0.320. The molecule has 0 bridgehead atoms. The topological polar surface area (TPSA) is 17.1 Å². The quantitative estimate of drug-likeness (QED) is 0.696. The zero-order valence-corrected chi connectivity index (χ0v) is 8.57. The zero-order chi connectivity index (χ0) is 9.97. The van der Waals surface area contributed by atoms with E-state index in [2.05, 4.69) is 31.2 Å². The van der Waals surface area contributed by atoms with Gasteiger partial charge in [0.1, 0.15) is 5.78 Å². The Labute approximate surface area is 85.1 Å². The highest BCUT2D eigenvalue weighted by atomic mass is 16.1. The molecule has 0 heterocycles. The van der Waals surface area contributed by atoms with Crippen LogP contribution in [0.25, 0.3) is 0 Å². The van der Waals surface area contributed by atoms with Crippen molar-refractivity contribution in [1.29, 1.82) is 0 Å². The number of carbonyl (C=O) groups is 1. The van der Waals surface area contributed by atoms with Gasteiger partial charge in [-0.25, -0.2) is 0 Å². The van der Waals surface area contributed by atoms with Gasteiger partial charge in [-0.05, 0) is 24.3 Å². The average Bonchev–Trinajstić information content (AvgIpc) is 2.61. The molecule has 1 aromatic carbocycles. The fraction of sp³-hybridized carbons (Fsp3) is 0.462. The maximum absolute atomic E-state index is 11.6. The molecule has 14 heavy (non-hydrogen) atoms. The van der Waals surface area contributed by atoms with E-state index in [0.717, 1.165) is 19.3 Å². The van der Waals surface area contributed by atoms with E-state index >= 15 is 0 Å². The van der Waals surface area contributed by atoms with Crippen molar-refractivity contribution in [2.75, 3.05) is 0 Å². The predicted molar refractivity (Wildman–Crippen MR) is 57.2 cm³/mol. The predicted octanol–water partition coefficient (Wildman–Crippen LogP) is 3.16. The van der Waals surface area contributed by atoms with E-state index in [1.807, 2.05) is 6.07 Å². The average molecular weight is 188 g/mol. The third-order valence-corrected chi connectivity index (χ3v) is 3.24. The van der Waals surface area contributed by atoms with Gasteiger partial charge in [0.05, 0.1) is 0 Å². The number of ketones is 1. The van der Waals surface area contributed by atoms with E-state index in [1.54, 1.807) is 0 Å². The summed E-state index contributed by atoms with van der Waals surface area (Å²) in [6, 6.07) is 10.4. The fourth-order valence-corrected chi connectivity index (χ4v) is 2.34. The third-order valence-electron chi connectivity index (χ3n) is 3.24. The normalized spacial score (nSPS) is 26.8. The van der Waals surface area contributed by atoms with Gasteiger partial charge in [0.25, 0.3) is 0 Å². The summed E-state index contributed by atoms with van der Waals surface area (Å²) < 4.78 is 0. The van der Waals surface area contributed by atoms with Gasteiger partial charge in [-0.1, -0.05) is 37.3 Å². The Kier molecular flexibility index (Phi) is 2.67. The van der Waals surface area contributed by atoms with Gasteiger partial charge in [-0.15, -0.1) is 0 Å². The van der Waals surface area contributed by atoms with Crippen molar-refractivity contribution < 1.29 is 4.79 Å². The van der Waals surface area contributed by atoms with E-state index < -0.39 is 0 Å². The van der Waals surface area contributed by atoms with Crippen molar-refractivity contribution in [1.82, 2.24) is 0 Å². The largest absolute Gasteiger partial charge is 0.299 e. The number of carbonyl (C=O) groups excluding carboxylic acids is 1. The van der Waals surface area contributed by atoms with Crippen LogP contribution in [0.5, 0.6) is 0 Å². The molecule has 0 spiro atoms. The lowest BCUT2D eigenvalue weighted by molar-refractivity contribution is -0.120. The lowest BCUT2D eigenvalue weighted by atomic mass is 9.96. The molecule has 1 saturated carbocycles. The summed E-state index contributed by atoms with van der Waals surface area (Å²) in [6.45, 7) is 2.11. The van der Waals surface area contributed by atoms with Crippen LogP contribution in [0.3, 0.4) is 0 Å². The van der Waals surface area contributed by atoms with E-state index in [9.17, 15) is 4.79 Å². The van der Waals surface area contributed by atoms with Gasteiger partial charge >= 0.3 is 0 Å². The molecule has 1 aliphatic carbocycles. The first-order valence-electron chi connectivity index (χ1n) is 5.39. The maximum Gasteiger partial charge on any atom is 0.136 e. The molecule has 0 N–H and O–H groups in total. The smallest absolute Gasteiger partial charge is 0.136 e. The van der Waals surface area contributed by atoms with E-state index in [1.165, 1.54) is 5.56 Å². The number of hydrogen-bond acceptors (Lipinski definition) is 1. The molecule has 0 saturated heterocycles. The maximum atomic E-state index is 11.6. The summed E-state index contributed by atoms with van der Waals surface area (Å²) in [4.78, 5) is 11.6. The van der Waals surface area contributed by atoms with Crippen LogP contribution in [0.4, 0.5) is 0 Å². The highest BCUT2D eigenvalue weighted by molar-refractivity contribution is 5.84. The molecule has 2 atom stereocenters. The van der Waals surface area contributed by atoms with Crippen molar-refractivity contribution in [3.05, 3.63) is 35.9 Å². The van der Waals surface area contributed by atoms with E-state index in [-0.39, 0.29) is 0 Å². The molecule has 0 radical (unpaired) electrons. The van der Waals surface area contributed by atoms with Crippen LogP contribution in [0, 0.1) is 5.92 Å². The van der Waals surface area contributed by atoms with Gasteiger partial charge in [-0.3, -0.25) is 4.79 Å². The van der Waals surface area contributed by atoms with Gasteiger partial charge in [-0.2, -0.15) is 0 Å². The monoisotopic (exact) mass is 188 g/mol. The Balaban J connectivity index is 2.13. The van der Waals surface area contributed by atoms with Crippen LogP contribution < -0.4 is 0 Å². The van der Waals surface area contributed by atoms with Crippen LogP contribution in [0.15, 0.2) is 30.3 Å². The minimum atomic E-state index is 0.320. The van der Waals surface area contributed by atoms with Crippen LogP contribution in [-0.2, 0) is 4.79 Å². The summed E-state index contributed by atoms with van der Waals surface area (Å²) in [5, 5.41) is 0. The lowest BCUT2D eigenvalue weighted by Crippen LogP contribution is -2.03. The summed E-state index contributed by atoms with van der Waals surface area (Å²) >= 11 is 0. The van der Waals surface area contributed by atoms with Gasteiger partial charge in [0.2, 0.25) is 0 Å². The standard InChI is InChI=1S/C13H16O/c1-2-10-8-12(9-13(10)14)11-6-4-3-5-7-11/h3-7,10,12H,2,8-9H2,1H3. The highest BCUT2D eigenvalue weighted by Crippen LogP contribution is 2.36.